The molecule has 0 spiro atoms. The standard InChI is InChI=1S/C17H23N3O3S/c1-4-7-13(2)17(21)18-14-8-5-9-15(12-14)24(22,23)19-16-10-6-11-20(16)3/h5,7-9,12H,4,6,10-11H2,1-3H3,(H,18,21). The van der Waals surface area contributed by atoms with E-state index in [4.69, 9.17) is 0 Å². The van der Waals surface area contributed by atoms with Gasteiger partial charge in [0.1, 0.15) is 5.84 Å². The highest BCUT2D eigenvalue weighted by atomic mass is 32.2. The number of amidine groups is 1. The number of nitrogens with one attached hydrogen (secondary N) is 1. The van der Waals surface area contributed by atoms with Crippen LogP contribution < -0.4 is 5.32 Å². The van der Waals surface area contributed by atoms with Gasteiger partial charge in [-0.2, -0.15) is 8.42 Å². The highest BCUT2D eigenvalue weighted by molar-refractivity contribution is 7.90. The van der Waals surface area contributed by atoms with Gasteiger partial charge in [0.15, 0.2) is 0 Å². The van der Waals surface area contributed by atoms with Gasteiger partial charge in [-0.1, -0.05) is 19.1 Å². The molecule has 0 radical (unpaired) electrons. The number of allylic oxidation sites excluding steroid dienone is 1. The normalized spacial score (nSPS) is 17.4. The lowest BCUT2D eigenvalue weighted by atomic mass is 10.2. The second kappa shape index (κ2) is 7.61. The average molecular weight is 349 g/mol. The molecule has 0 unspecified atom stereocenters. The first-order valence-corrected chi connectivity index (χ1v) is 9.40. The van der Waals surface area contributed by atoms with Crippen LogP contribution in [0.1, 0.15) is 33.1 Å². The quantitative estimate of drug-likeness (QED) is 0.829. The largest absolute Gasteiger partial charge is 0.362 e. The van der Waals surface area contributed by atoms with Gasteiger partial charge in [-0.15, -0.1) is 4.40 Å². The fraction of sp³-hybridized carbons (Fsp3) is 0.412. The number of carbonyl (C=O) groups is 1. The third-order valence-corrected chi connectivity index (χ3v) is 5.12. The van der Waals surface area contributed by atoms with Crippen molar-refractivity contribution in [3.8, 4) is 0 Å². The van der Waals surface area contributed by atoms with Crippen LogP contribution in [-0.2, 0) is 14.8 Å². The van der Waals surface area contributed by atoms with Crippen LogP contribution in [0.5, 0.6) is 0 Å². The Kier molecular flexibility index (Phi) is 5.77. The van der Waals surface area contributed by atoms with E-state index >= 15 is 0 Å². The highest BCUT2D eigenvalue weighted by Gasteiger charge is 2.20. The van der Waals surface area contributed by atoms with Crippen molar-refractivity contribution in [2.45, 2.75) is 38.0 Å². The summed E-state index contributed by atoms with van der Waals surface area (Å²) in [6.07, 6.45) is 4.15. The fourth-order valence-corrected chi connectivity index (χ4v) is 3.60. The minimum atomic E-state index is -3.79. The van der Waals surface area contributed by atoms with Crippen LogP contribution in [0.25, 0.3) is 0 Å². The fourth-order valence-electron chi connectivity index (χ4n) is 2.46. The monoisotopic (exact) mass is 349 g/mol. The molecular weight excluding hydrogens is 326 g/mol. The van der Waals surface area contributed by atoms with Gasteiger partial charge in [0.2, 0.25) is 0 Å². The van der Waals surface area contributed by atoms with Gasteiger partial charge in [0, 0.05) is 31.3 Å². The van der Waals surface area contributed by atoms with E-state index in [1.54, 1.807) is 19.1 Å². The summed E-state index contributed by atoms with van der Waals surface area (Å²) in [6.45, 7) is 4.48. The predicted octanol–water partition coefficient (Wildman–Crippen LogP) is 2.79. The second-order valence-electron chi connectivity index (χ2n) is 5.79. The summed E-state index contributed by atoms with van der Waals surface area (Å²) in [7, 11) is -1.95. The summed E-state index contributed by atoms with van der Waals surface area (Å²) in [5.41, 5.74) is 1.03. The second-order valence-corrected chi connectivity index (χ2v) is 7.39. The number of nitrogens with zero attached hydrogens (tertiary/aromatic N) is 2. The Bertz CT molecular complexity index is 782. The van der Waals surface area contributed by atoms with Gasteiger partial charge in [-0.05, 0) is 38.0 Å². The number of anilines is 1. The number of sulfonamides is 1. The van der Waals surface area contributed by atoms with E-state index in [1.807, 2.05) is 24.9 Å². The Hall–Kier alpha value is -2.15. The zero-order valence-electron chi connectivity index (χ0n) is 14.2. The number of rotatable bonds is 5. The zero-order chi connectivity index (χ0) is 17.7. The van der Waals surface area contributed by atoms with Gasteiger partial charge in [0.05, 0.1) is 4.90 Å². The molecule has 0 saturated carbocycles. The first-order valence-electron chi connectivity index (χ1n) is 7.96. The van der Waals surface area contributed by atoms with E-state index < -0.39 is 10.0 Å². The molecule has 130 valence electrons. The summed E-state index contributed by atoms with van der Waals surface area (Å²) < 4.78 is 28.9. The molecule has 1 aliphatic heterocycles. The van der Waals surface area contributed by atoms with E-state index in [1.165, 1.54) is 12.1 Å². The van der Waals surface area contributed by atoms with E-state index in [9.17, 15) is 13.2 Å². The maximum atomic E-state index is 12.5. The van der Waals surface area contributed by atoms with Crippen molar-refractivity contribution < 1.29 is 13.2 Å². The predicted molar refractivity (Wildman–Crippen MR) is 95.6 cm³/mol. The summed E-state index contributed by atoms with van der Waals surface area (Å²) in [5.74, 6) is 0.333. The maximum Gasteiger partial charge on any atom is 0.284 e. The number of hydrogen-bond donors (Lipinski definition) is 1. The van der Waals surface area contributed by atoms with Crippen LogP contribution >= 0.6 is 0 Å². The van der Waals surface area contributed by atoms with Crippen molar-refractivity contribution in [3.63, 3.8) is 0 Å². The van der Waals surface area contributed by atoms with Crippen LogP contribution in [0, 0.1) is 0 Å². The lowest BCUT2D eigenvalue weighted by molar-refractivity contribution is -0.112. The van der Waals surface area contributed by atoms with Crippen molar-refractivity contribution in [2.24, 2.45) is 4.40 Å². The van der Waals surface area contributed by atoms with Crippen LogP contribution in [0.15, 0.2) is 45.2 Å². The topological polar surface area (TPSA) is 78.8 Å². The Morgan fingerprint density at radius 1 is 1.42 bits per heavy atom. The molecule has 6 nitrogen and oxygen atoms in total. The van der Waals surface area contributed by atoms with Crippen molar-refractivity contribution in [1.29, 1.82) is 0 Å². The molecule has 1 fully saturated rings. The number of amides is 1. The van der Waals surface area contributed by atoms with E-state index in [2.05, 4.69) is 9.71 Å². The Morgan fingerprint density at radius 2 is 2.17 bits per heavy atom. The summed E-state index contributed by atoms with van der Waals surface area (Å²) >= 11 is 0. The summed E-state index contributed by atoms with van der Waals surface area (Å²) in [5, 5.41) is 2.71. The molecule has 1 heterocycles. The average Bonchev–Trinajstić information content (AvgIpc) is 2.92. The van der Waals surface area contributed by atoms with E-state index in [0.717, 1.165) is 19.4 Å². The summed E-state index contributed by atoms with van der Waals surface area (Å²) in [4.78, 5) is 13.9. The zero-order valence-corrected chi connectivity index (χ0v) is 15.1. The van der Waals surface area contributed by atoms with E-state index in [-0.39, 0.29) is 10.8 Å². The van der Waals surface area contributed by atoms with Gasteiger partial charge in [-0.3, -0.25) is 4.79 Å². The van der Waals surface area contributed by atoms with E-state index in [0.29, 0.717) is 23.5 Å². The minimum Gasteiger partial charge on any atom is -0.362 e. The smallest absolute Gasteiger partial charge is 0.284 e. The lowest BCUT2D eigenvalue weighted by Crippen LogP contribution is -2.20. The van der Waals surface area contributed by atoms with Crippen LogP contribution in [0.2, 0.25) is 0 Å². The molecule has 0 aromatic heterocycles. The van der Waals surface area contributed by atoms with Gasteiger partial charge >= 0.3 is 0 Å². The molecule has 1 saturated heterocycles. The van der Waals surface area contributed by atoms with Crippen molar-refractivity contribution in [2.75, 3.05) is 18.9 Å². The number of benzene rings is 1. The highest BCUT2D eigenvalue weighted by Crippen LogP contribution is 2.20. The third-order valence-electron chi connectivity index (χ3n) is 3.82. The maximum absolute atomic E-state index is 12.5. The van der Waals surface area contributed by atoms with Gasteiger partial charge in [0.25, 0.3) is 15.9 Å². The Labute approximate surface area is 143 Å². The van der Waals surface area contributed by atoms with Crippen molar-refractivity contribution in [1.82, 2.24) is 4.90 Å². The van der Waals surface area contributed by atoms with Crippen molar-refractivity contribution >= 4 is 27.5 Å². The molecule has 24 heavy (non-hydrogen) atoms. The molecule has 1 amide bonds. The van der Waals surface area contributed by atoms with Crippen LogP contribution in [0.4, 0.5) is 5.69 Å². The van der Waals surface area contributed by atoms with Crippen LogP contribution in [-0.4, -0.2) is 38.7 Å². The van der Waals surface area contributed by atoms with Crippen LogP contribution in [0.3, 0.4) is 0 Å². The lowest BCUT2D eigenvalue weighted by Gasteiger charge is -2.11. The van der Waals surface area contributed by atoms with Gasteiger partial charge in [-0.25, -0.2) is 0 Å². The molecule has 1 aromatic carbocycles. The molecule has 0 atom stereocenters. The number of carbonyl (C=O) groups excluding carboxylic acids is 1. The molecule has 7 heteroatoms. The summed E-state index contributed by atoms with van der Waals surface area (Å²) in [6, 6.07) is 6.18. The van der Waals surface area contributed by atoms with Gasteiger partial charge < -0.3 is 10.2 Å². The Morgan fingerprint density at radius 3 is 2.79 bits per heavy atom. The molecule has 2 rings (SSSR count). The minimum absolute atomic E-state index is 0.0743. The first-order chi connectivity index (χ1) is 11.3. The molecule has 0 bridgehead atoms. The Balaban J connectivity index is 2.24. The molecule has 1 N–H and O–H groups in total. The third kappa shape index (κ3) is 4.44. The SMILES string of the molecule is CCC=C(C)C(=O)Nc1cccc(S(=O)(=O)N=C2CCCN2C)c1. The number of hydrogen-bond acceptors (Lipinski definition) is 3. The molecule has 1 aromatic rings. The molecule has 0 aliphatic carbocycles. The van der Waals surface area contributed by atoms with Crippen molar-refractivity contribution in [3.05, 3.63) is 35.9 Å². The molecular formula is C17H23N3O3S. The molecule has 1 aliphatic rings. The first kappa shape index (κ1) is 18.2. The number of likely N-dealkylation sites (tertiary alicyclic amines) is 1.